The van der Waals surface area contributed by atoms with Gasteiger partial charge in [-0.2, -0.15) is 0 Å². The van der Waals surface area contributed by atoms with Crippen molar-refractivity contribution in [3.63, 3.8) is 0 Å². The lowest BCUT2D eigenvalue weighted by atomic mass is 9.97. The first-order valence-corrected chi connectivity index (χ1v) is 8.09. The van der Waals surface area contributed by atoms with Crippen molar-refractivity contribution < 1.29 is 0 Å². The molecule has 5 nitrogen and oxygen atoms in total. The first kappa shape index (κ1) is 18.5. The van der Waals surface area contributed by atoms with Crippen molar-refractivity contribution in [2.45, 2.75) is 12.8 Å². The Labute approximate surface area is 160 Å². The second-order valence-electron chi connectivity index (χ2n) is 5.86. The Morgan fingerprint density at radius 3 is 2.75 bits per heavy atom. The first-order valence-electron chi connectivity index (χ1n) is 8.09. The average molecular weight is 437 g/mol. The maximum atomic E-state index is 5.95. The number of aliphatic imine (C=N–C) groups is 1. The van der Waals surface area contributed by atoms with Crippen LogP contribution in [-0.2, 0) is 0 Å². The van der Waals surface area contributed by atoms with E-state index >= 15 is 0 Å². The zero-order chi connectivity index (χ0) is 15.9. The number of nitrogens with one attached hydrogen (secondary N) is 1. The van der Waals surface area contributed by atoms with E-state index in [-0.39, 0.29) is 24.0 Å². The van der Waals surface area contributed by atoms with Crippen LogP contribution in [0.4, 0.5) is 11.5 Å². The monoisotopic (exact) mass is 437 g/mol. The molecule has 24 heavy (non-hydrogen) atoms. The van der Waals surface area contributed by atoms with Gasteiger partial charge in [0, 0.05) is 31.5 Å². The number of pyridine rings is 1. The number of nitrogens with two attached hydrogens (primary N) is 1. The van der Waals surface area contributed by atoms with E-state index in [0.717, 1.165) is 25.5 Å². The van der Waals surface area contributed by atoms with Gasteiger partial charge in [-0.1, -0.05) is 24.3 Å². The van der Waals surface area contributed by atoms with Gasteiger partial charge in [0.1, 0.15) is 5.82 Å². The van der Waals surface area contributed by atoms with Crippen molar-refractivity contribution in [1.82, 2.24) is 4.98 Å². The number of halogens is 1. The van der Waals surface area contributed by atoms with E-state index in [1.807, 2.05) is 18.2 Å². The van der Waals surface area contributed by atoms with Crippen LogP contribution in [-0.4, -0.2) is 30.6 Å². The summed E-state index contributed by atoms with van der Waals surface area (Å²) in [5.74, 6) is 1.69. The van der Waals surface area contributed by atoms with Gasteiger partial charge in [-0.25, -0.2) is 4.98 Å². The SMILES string of the molecule is I.NC(=NCC1CCCN(c2ccccc2)C1)Nc1ccccn1. The van der Waals surface area contributed by atoms with E-state index < -0.39 is 0 Å². The molecule has 1 aliphatic heterocycles. The summed E-state index contributed by atoms with van der Waals surface area (Å²) in [5, 5.41) is 3.03. The van der Waals surface area contributed by atoms with Gasteiger partial charge >= 0.3 is 0 Å². The van der Waals surface area contributed by atoms with Crippen molar-refractivity contribution in [3.05, 3.63) is 54.7 Å². The summed E-state index contributed by atoms with van der Waals surface area (Å²) in [6, 6.07) is 16.2. The van der Waals surface area contributed by atoms with Crippen LogP contribution in [0.3, 0.4) is 0 Å². The summed E-state index contributed by atoms with van der Waals surface area (Å²) in [4.78, 5) is 11.1. The average Bonchev–Trinajstić information content (AvgIpc) is 2.62. The topological polar surface area (TPSA) is 66.5 Å². The van der Waals surface area contributed by atoms with Gasteiger partial charge in [0.25, 0.3) is 0 Å². The van der Waals surface area contributed by atoms with Crippen molar-refractivity contribution in [2.75, 3.05) is 29.9 Å². The maximum absolute atomic E-state index is 5.95. The van der Waals surface area contributed by atoms with Crippen LogP contribution in [0.2, 0.25) is 0 Å². The van der Waals surface area contributed by atoms with Gasteiger partial charge in [-0.3, -0.25) is 4.99 Å². The van der Waals surface area contributed by atoms with Crippen LogP contribution in [0.5, 0.6) is 0 Å². The Morgan fingerprint density at radius 1 is 1.21 bits per heavy atom. The molecule has 2 aromatic rings. The number of benzene rings is 1. The molecule has 2 heterocycles. The Bertz CT molecular complexity index is 632. The Balaban J connectivity index is 0.00000208. The van der Waals surface area contributed by atoms with Gasteiger partial charge < -0.3 is 16.0 Å². The largest absolute Gasteiger partial charge is 0.371 e. The van der Waals surface area contributed by atoms with E-state index in [2.05, 4.69) is 50.5 Å². The highest BCUT2D eigenvalue weighted by molar-refractivity contribution is 14.0. The molecule has 1 saturated heterocycles. The van der Waals surface area contributed by atoms with Gasteiger partial charge in [-0.05, 0) is 43.0 Å². The molecule has 0 saturated carbocycles. The van der Waals surface area contributed by atoms with Crippen molar-refractivity contribution in [3.8, 4) is 0 Å². The Kier molecular flexibility index (Phi) is 7.30. The standard InChI is InChI=1S/C18H23N5.HI/c19-18(22-17-10-4-5-11-20-17)21-13-15-7-6-12-23(14-15)16-8-2-1-3-9-16;/h1-5,8-11,15H,6-7,12-14H2,(H3,19,20,21,22);1H. The fourth-order valence-electron chi connectivity index (χ4n) is 2.92. The summed E-state index contributed by atoms with van der Waals surface area (Å²) in [7, 11) is 0. The molecule has 1 aromatic heterocycles. The molecule has 1 aromatic carbocycles. The molecule has 1 aliphatic rings. The minimum atomic E-state index is 0. The molecule has 0 amide bonds. The third kappa shape index (κ3) is 5.36. The molecule has 6 heteroatoms. The number of anilines is 2. The van der Waals surface area contributed by atoms with Crippen LogP contribution in [0.1, 0.15) is 12.8 Å². The highest BCUT2D eigenvalue weighted by Gasteiger charge is 2.19. The van der Waals surface area contributed by atoms with E-state index in [4.69, 9.17) is 5.73 Å². The summed E-state index contributed by atoms with van der Waals surface area (Å²) in [6.45, 7) is 2.89. The van der Waals surface area contributed by atoms with E-state index in [1.54, 1.807) is 6.20 Å². The number of guanidine groups is 1. The molecular formula is C18H24IN5. The molecule has 1 fully saturated rings. The minimum absolute atomic E-state index is 0. The second-order valence-corrected chi connectivity index (χ2v) is 5.86. The molecule has 0 spiro atoms. The molecule has 3 N–H and O–H groups in total. The van der Waals surface area contributed by atoms with Gasteiger partial charge in [0.05, 0.1) is 0 Å². The van der Waals surface area contributed by atoms with Crippen LogP contribution in [0.25, 0.3) is 0 Å². The number of aromatic nitrogens is 1. The van der Waals surface area contributed by atoms with Gasteiger partial charge in [0.2, 0.25) is 0 Å². The first-order chi connectivity index (χ1) is 11.3. The van der Waals surface area contributed by atoms with E-state index in [9.17, 15) is 0 Å². The van der Waals surface area contributed by atoms with E-state index in [0.29, 0.717) is 11.9 Å². The molecule has 128 valence electrons. The number of hydrogen-bond donors (Lipinski definition) is 2. The predicted octanol–water partition coefficient (Wildman–Crippen LogP) is 3.34. The number of piperidine rings is 1. The van der Waals surface area contributed by atoms with Crippen molar-refractivity contribution in [2.24, 2.45) is 16.6 Å². The molecule has 0 aliphatic carbocycles. The minimum Gasteiger partial charge on any atom is -0.371 e. The summed E-state index contributed by atoms with van der Waals surface area (Å²) < 4.78 is 0. The fraction of sp³-hybridized carbons (Fsp3) is 0.333. The molecule has 1 atom stereocenters. The summed E-state index contributed by atoms with van der Waals surface area (Å²) in [6.07, 6.45) is 4.13. The number of hydrogen-bond acceptors (Lipinski definition) is 3. The third-order valence-corrected chi connectivity index (χ3v) is 4.08. The normalized spacial score (nSPS) is 17.9. The molecule has 0 bridgehead atoms. The fourth-order valence-corrected chi connectivity index (χ4v) is 2.92. The van der Waals surface area contributed by atoms with Crippen molar-refractivity contribution >= 4 is 41.4 Å². The molecule has 0 radical (unpaired) electrons. The third-order valence-electron chi connectivity index (χ3n) is 4.08. The van der Waals surface area contributed by atoms with Crippen LogP contribution < -0.4 is 16.0 Å². The lowest BCUT2D eigenvalue weighted by molar-refractivity contribution is 0.424. The van der Waals surface area contributed by atoms with Crippen molar-refractivity contribution in [1.29, 1.82) is 0 Å². The lowest BCUT2D eigenvalue weighted by Gasteiger charge is -2.33. The quantitative estimate of drug-likeness (QED) is 0.438. The predicted molar refractivity (Wildman–Crippen MR) is 111 cm³/mol. The highest BCUT2D eigenvalue weighted by atomic mass is 127. The summed E-state index contributed by atoms with van der Waals surface area (Å²) in [5.41, 5.74) is 7.25. The highest BCUT2D eigenvalue weighted by Crippen LogP contribution is 2.23. The molecule has 3 rings (SSSR count). The maximum Gasteiger partial charge on any atom is 0.194 e. The number of rotatable bonds is 4. The zero-order valence-corrected chi connectivity index (χ0v) is 16.0. The molecular weight excluding hydrogens is 413 g/mol. The zero-order valence-electron chi connectivity index (χ0n) is 13.6. The molecule has 1 unspecified atom stereocenters. The van der Waals surface area contributed by atoms with Gasteiger partial charge in [0.15, 0.2) is 5.96 Å². The Morgan fingerprint density at radius 2 is 2.00 bits per heavy atom. The van der Waals surface area contributed by atoms with Gasteiger partial charge in [-0.15, -0.1) is 24.0 Å². The number of para-hydroxylation sites is 1. The smallest absolute Gasteiger partial charge is 0.194 e. The van der Waals surface area contributed by atoms with E-state index in [1.165, 1.54) is 18.5 Å². The second kappa shape index (κ2) is 9.46. The van der Waals surface area contributed by atoms with Crippen LogP contribution in [0, 0.1) is 5.92 Å². The lowest BCUT2D eigenvalue weighted by Crippen LogP contribution is -2.37. The number of nitrogens with zero attached hydrogens (tertiary/aromatic N) is 3. The van der Waals surface area contributed by atoms with Crippen LogP contribution >= 0.6 is 24.0 Å². The summed E-state index contributed by atoms with van der Waals surface area (Å²) >= 11 is 0. The Hall–Kier alpha value is -1.83. The van der Waals surface area contributed by atoms with Crippen LogP contribution in [0.15, 0.2) is 59.7 Å².